The van der Waals surface area contributed by atoms with E-state index < -0.39 is 11.4 Å². The first-order valence-electron chi connectivity index (χ1n) is 6.70. The second-order valence-corrected chi connectivity index (χ2v) is 5.48. The van der Waals surface area contributed by atoms with Crippen LogP contribution in [0.15, 0.2) is 60.7 Å². The van der Waals surface area contributed by atoms with E-state index in [0.717, 1.165) is 22.3 Å². The highest BCUT2D eigenvalue weighted by Gasteiger charge is 2.36. The minimum atomic E-state index is -0.848. The Morgan fingerprint density at radius 2 is 1.70 bits per heavy atom. The van der Waals surface area contributed by atoms with Crippen LogP contribution in [0.25, 0.3) is 5.57 Å². The first kappa shape index (κ1) is 12.7. The van der Waals surface area contributed by atoms with Crippen molar-refractivity contribution in [2.24, 2.45) is 5.41 Å². The fourth-order valence-electron chi connectivity index (χ4n) is 2.77. The maximum atomic E-state index is 11.6. The third-order valence-corrected chi connectivity index (χ3v) is 3.90. The van der Waals surface area contributed by atoms with Gasteiger partial charge in [0.25, 0.3) is 0 Å². The van der Waals surface area contributed by atoms with Gasteiger partial charge in [0, 0.05) is 0 Å². The van der Waals surface area contributed by atoms with E-state index in [-0.39, 0.29) is 0 Å². The van der Waals surface area contributed by atoms with Crippen LogP contribution in [0.4, 0.5) is 0 Å². The summed E-state index contributed by atoms with van der Waals surface area (Å²) in [5.41, 5.74) is 3.46. The maximum Gasteiger partial charge on any atom is 0.313 e. The Balaban J connectivity index is 2.22. The smallest absolute Gasteiger partial charge is 0.313 e. The zero-order chi connectivity index (χ0) is 14.2. The molecule has 20 heavy (non-hydrogen) atoms. The first-order valence-corrected chi connectivity index (χ1v) is 6.70. The van der Waals surface area contributed by atoms with Gasteiger partial charge in [0.05, 0.1) is 5.41 Å². The summed E-state index contributed by atoms with van der Waals surface area (Å²) in [5.74, 6) is -0.777. The summed E-state index contributed by atoms with van der Waals surface area (Å²) in [6.07, 6.45) is 2.43. The second-order valence-electron chi connectivity index (χ2n) is 5.48. The van der Waals surface area contributed by atoms with Crippen molar-refractivity contribution in [2.45, 2.75) is 13.3 Å². The molecule has 1 N–H and O–H groups in total. The molecule has 0 heterocycles. The number of hydrogen-bond donors (Lipinski definition) is 1. The monoisotopic (exact) mass is 264 g/mol. The minimum Gasteiger partial charge on any atom is -0.481 e. The Bertz CT molecular complexity index is 686. The molecule has 0 amide bonds. The quantitative estimate of drug-likeness (QED) is 0.896. The van der Waals surface area contributed by atoms with Gasteiger partial charge in [0.1, 0.15) is 0 Å². The lowest BCUT2D eigenvalue weighted by Gasteiger charge is -2.29. The van der Waals surface area contributed by atoms with Crippen molar-refractivity contribution in [1.29, 1.82) is 0 Å². The van der Waals surface area contributed by atoms with E-state index in [4.69, 9.17) is 0 Å². The van der Waals surface area contributed by atoms with Crippen LogP contribution in [-0.2, 0) is 11.2 Å². The number of rotatable bonds is 2. The van der Waals surface area contributed by atoms with E-state index in [1.165, 1.54) is 0 Å². The molecule has 0 radical (unpaired) electrons. The van der Waals surface area contributed by atoms with E-state index in [1.54, 1.807) is 6.92 Å². The highest BCUT2D eigenvalue weighted by Crippen LogP contribution is 2.39. The summed E-state index contributed by atoms with van der Waals surface area (Å²) in [7, 11) is 0. The molecule has 0 aliphatic heterocycles. The summed E-state index contributed by atoms with van der Waals surface area (Å²) >= 11 is 0. The van der Waals surface area contributed by atoms with E-state index in [9.17, 15) is 9.90 Å². The van der Waals surface area contributed by atoms with Crippen molar-refractivity contribution in [3.8, 4) is 0 Å². The first-order chi connectivity index (χ1) is 9.60. The number of carboxylic acids is 1. The molecule has 2 heteroatoms. The minimum absolute atomic E-state index is 0.537. The zero-order valence-corrected chi connectivity index (χ0v) is 11.3. The topological polar surface area (TPSA) is 37.3 Å². The molecule has 0 unspecified atom stereocenters. The molecule has 3 rings (SSSR count). The summed E-state index contributed by atoms with van der Waals surface area (Å²) < 4.78 is 0. The molecule has 1 aliphatic carbocycles. The van der Waals surface area contributed by atoms with Crippen molar-refractivity contribution in [3.05, 3.63) is 77.4 Å². The van der Waals surface area contributed by atoms with E-state index >= 15 is 0 Å². The van der Waals surface area contributed by atoms with Gasteiger partial charge in [0.2, 0.25) is 0 Å². The van der Waals surface area contributed by atoms with Crippen LogP contribution in [0.3, 0.4) is 0 Å². The Kier molecular flexibility index (Phi) is 2.94. The summed E-state index contributed by atoms with van der Waals surface area (Å²) in [4.78, 5) is 11.6. The van der Waals surface area contributed by atoms with Gasteiger partial charge in [-0.05, 0) is 35.6 Å². The summed E-state index contributed by atoms with van der Waals surface area (Å²) in [5, 5.41) is 9.54. The Labute approximate surface area is 118 Å². The van der Waals surface area contributed by atoms with Gasteiger partial charge >= 0.3 is 5.97 Å². The average Bonchev–Trinajstić information content (AvgIpc) is 2.47. The predicted molar refractivity (Wildman–Crippen MR) is 79.4 cm³/mol. The van der Waals surface area contributed by atoms with Crippen LogP contribution >= 0.6 is 0 Å². The standard InChI is InChI=1S/C18H16O2/c1-18(17(19)20)11-14-9-5-6-10-15(14)16(12-18)13-7-3-2-4-8-13/h2-10,12H,11H2,1H3,(H,19,20)/t18-/m1/s1. The molecular weight excluding hydrogens is 248 g/mol. The largest absolute Gasteiger partial charge is 0.481 e. The van der Waals surface area contributed by atoms with Crippen LogP contribution in [0.2, 0.25) is 0 Å². The lowest BCUT2D eigenvalue weighted by molar-refractivity contribution is -0.145. The molecule has 0 saturated carbocycles. The van der Waals surface area contributed by atoms with Gasteiger partial charge in [-0.25, -0.2) is 0 Å². The number of fused-ring (bicyclic) bond motifs is 1. The lowest BCUT2D eigenvalue weighted by Crippen LogP contribution is -2.31. The Morgan fingerprint density at radius 3 is 2.40 bits per heavy atom. The summed E-state index contributed by atoms with van der Waals surface area (Å²) in [6.45, 7) is 1.79. The molecule has 0 saturated heterocycles. The third kappa shape index (κ3) is 2.03. The third-order valence-electron chi connectivity index (χ3n) is 3.90. The molecule has 1 aliphatic rings. The van der Waals surface area contributed by atoms with Crippen molar-refractivity contribution in [1.82, 2.24) is 0 Å². The van der Waals surface area contributed by atoms with Gasteiger partial charge in [-0.3, -0.25) is 4.79 Å². The van der Waals surface area contributed by atoms with Crippen molar-refractivity contribution < 1.29 is 9.90 Å². The van der Waals surface area contributed by atoms with Crippen LogP contribution in [0.5, 0.6) is 0 Å². The molecule has 2 nitrogen and oxygen atoms in total. The van der Waals surface area contributed by atoms with Crippen LogP contribution in [0, 0.1) is 5.41 Å². The normalized spacial score (nSPS) is 20.9. The fourth-order valence-corrected chi connectivity index (χ4v) is 2.77. The molecule has 2 aromatic rings. The molecular formula is C18H16O2. The molecule has 0 spiro atoms. The van der Waals surface area contributed by atoms with Gasteiger partial charge in [-0.2, -0.15) is 0 Å². The molecule has 1 atom stereocenters. The molecule has 0 fully saturated rings. The molecule has 0 aromatic heterocycles. The average molecular weight is 264 g/mol. The fraction of sp³-hybridized carbons (Fsp3) is 0.167. The highest BCUT2D eigenvalue weighted by molar-refractivity contribution is 5.89. The molecule has 0 bridgehead atoms. The van der Waals surface area contributed by atoms with E-state index in [2.05, 4.69) is 6.07 Å². The Hall–Kier alpha value is -2.35. The van der Waals surface area contributed by atoms with Gasteiger partial charge < -0.3 is 5.11 Å². The Morgan fingerprint density at radius 1 is 1.05 bits per heavy atom. The second kappa shape index (κ2) is 4.64. The van der Waals surface area contributed by atoms with E-state index in [1.807, 2.05) is 54.6 Å². The number of benzene rings is 2. The molecule has 100 valence electrons. The van der Waals surface area contributed by atoms with Gasteiger partial charge in [0.15, 0.2) is 0 Å². The van der Waals surface area contributed by atoms with Crippen molar-refractivity contribution in [2.75, 3.05) is 0 Å². The SMILES string of the molecule is C[C@]1(C(=O)O)C=C(c2ccccc2)c2ccccc2C1. The number of carbonyl (C=O) groups is 1. The van der Waals surface area contributed by atoms with Crippen LogP contribution < -0.4 is 0 Å². The van der Waals surface area contributed by atoms with Crippen LogP contribution in [-0.4, -0.2) is 11.1 Å². The van der Waals surface area contributed by atoms with Crippen molar-refractivity contribution in [3.63, 3.8) is 0 Å². The zero-order valence-electron chi connectivity index (χ0n) is 11.3. The van der Waals surface area contributed by atoms with Gasteiger partial charge in [-0.15, -0.1) is 0 Å². The van der Waals surface area contributed by atoms with Crippen molar-refractivity contribution >= 4 is 11.5 Å². The number of aliphatic carboxylic acids is 1. The molecule has 2 aromatic carbocycles. The lowest BCUT2D eigenvalue weighted by atomic mass is 9.73. The van der Waals surface area contributed by atoms with E-state index in [0.29, 0.717) is 6.42 Å². The number of hydrogen-bond acceptors (Lipinski definition) is 1. The maximum absolute atomic E-state index is 11.6. The van der Waals surface area contributed by atoms with Gasteiger partial charge in [-0.1, -0.05) is 60.7 Å². The summed E-state index contributed by atoms with van der Waals surface area (Å²) in [6, 6.07) is 18.0. The highest BCUT2D eigenvalue weighted by atomic mass is 16.4. The number of carboxylic acid groups (broad SMARTS) is 1. The predicted octanol–water partition coefficient (Wildman–Crippen LogP) is 3.77. The van der Waals surface area contributed by atoms with Crippen LogP contribution in [0.1, 0.15) is 23.6 Å².